The van der Waals surface area contributed by atoms with E-state index >= 15 is 0 Å². The van der Waals surface area contributed by atoms with Crippen molar-refractivity contribution in [1.29, 1.82) is 0 Å². The van der Waals surface area contributed by atoms with E-state index in [-0.39, 0.29) is 35.6 Å². The first-order valence-corrected chi connectivity index (χ1v) is 11.2. The molecule has 170 valence electrons. The number of rotatable bonds is 9. The molecular formula is C25H37IN4O. The second-order valence-corrected chi connectivity index (χ2v) is 8.03. The summed E-state index contributed by atoms with van der Waals surface area (Å²) in [5, 5.41) is 10.8. The minimum Gasteiger partial charge on any atom is -0.381 e. The van der Waals surface area contributed by atoms with Crippen LogP contribution in [0.2, 0.25) is 0 Å². The maximum atomic E-state index is 5.66. The zero-order valence-electron chi connectivity index (χ0n) is 18.8. The Morgan fingerprint density at radius 2 is 1.65 bits per heavy atom. The first kappa shape index (κ1) is 25.6. The van der Waals surface area contributed by atoms with E-state index in [1.807, 2.05) is 0 Å². The summed E-state index contributed by atoms with van der Waals surface area (Å²) in [7, 11) is 0. The molecule has 0 spiro atoms. The number of ether oxygens (including phenoxy) is 1. The molecule has 1 heterocycles. The zero-order chi connectivity index (χ0) is 21.1. The number of nitrogens with zero attached hydrogens (tertiary/aromatic N) is 1. The van der Waals surface area contributed by atoms with Gasteiger partial charge in [0.2, 0.25) is 0 Å². The minimum atomic E-state index is -0.0463. The Morgan fingerprint density at radius 1 is 1.00 bits per heavy atom. The molecular weight excluding hydrogens is 499 g/mol. The molecule has 0 radical (unpaired) electrons. The first-order valence-electron chi connectivity index (χ1n) is 11.2. The molecule has 0 amide bonds. The van der Waals surface area contributed by atoms with Crippen LogP contribution >= 0.6 is 24.0 Å². The molecule has 0 aliphatic carbocycles. The Balaban J connectivity index is 0.00000341. The molecule has 1 fully saturated rings. The molecule has 1 atom stereocenters. The van der Waals surface area contributed by atoms with Crippen molar-refractivity contribution in [3.8, 4) is 0 Å². The second-order valence-electron chi connectivity index (χ2n) is 8.03. The molecule has 0 aromatic heterocycles. The molecule has 0 bridgehead atoms. The summed E-state index contributed by atoms with van der Waals surface area (Å²) >= 11 is 0. The van der Waals surface area contributed by atoms with Gasteiger partial charge in [-0.15, -0.1) is 24.0 Å². The van der Waals surface area contributed by atoms with Crippen molar-refractivity contribution >= 4 is 29.9 Å². The molecule has 2 aromatic carbocycles. The molecule has 1 unspecified atom stereocenters. The number of hydrogen-bond acceptors (Lipinski definition) is 3. The average Bonchev–Trinajstić information content (AvgIpc) is 2.79. The third-order valence-corrected chi connectivity index (χ3v) is 5.71. The van der Waals surface area contributed by atoms with Crippen LogP contribution < -0.4 is 16.0 Å². The normalized spacial score (nSPS) is 16.8. The van der Waals surface area contributed by atoms with Crippen LogP contribution in [0, 0.1) is 0 Å². The van der Waals surface area contributed by atoms with Gasteiger partial charge in [-0.05, 0) is 44.2 Å². The summed E-state index contributed by atoms with van der Waals surface area (Å²) in [6, 6.07) is 21.5. The fourth-order valence-electron chi connectivity index (χ4n) is 3.94. The van der Waals surface area contributed by atoms with Gasteiger partial charge in [-0.1, -0.05) is 60.7 Å². The van der Waals surface area contributed by atoms with Crippen LogP contribution in [0.1, 0.15) is 43.9 Å². The van der Waals surface area contributed by atoms with Crippen LogP contribution in [-0.2, 0) is 11.2 Å². The van der Waals surface area contributed by atoms with E-state index in [1.165, 1.54) is 11.1 Å². The molecule has 3 N–H and O–H groups in total. The summed E-state index contributed by atoms with van der Waals surface area (Å²) < 4.78 is 5.66. The van der Waals surface area contributed by atoms with E-state index < -0.39 is 0 Å². The Kier molecular flexibility index (Phi) is 11.3. The number of benzene rings is 2. The van der Waals surface area contributed by atoms with Gasteiger partial charge < -0.3 is 20.7 Å². The van der Waals surface area contributed by atoms with Crippen LogP contribution in [0.5, 0.6) is 0 Å². The van der Waals surface area contributed by atoms with Gasteiger partial charge in [0, 0.05) is 37.9 Å². The predicted molar refractivity (Wildman–Crippen MR) is 140 cm³/mol. The highest BCUT2D eigenvalue weighted by Gasteiger charge is 2.34. The zero-order valence-corrected chi connectivity index (χ0v) is 21.1. The van der Waals surface area contributed by atoms with Crippen molar-refractivity contribution in [2.24, 2.45) is 4.99 Å². The highest BCUT2D eigenvalue weighted by Crippen LogP contribution is 2.26. The lowest BCUT2D eigenvalue weighted by molar-refractivity contribution is 0.0374. The molecule has 1 aliphatic rings. The van der Waals surface area contributed by atoms with E-state index in [4.69, 9.17) is 9.73 Å². The van der Waals surface area contributed by atoms with Crippen LogP contribution in [0.4, 0.5) is 0 Å². The summed E-state index contributed by atoms with van der Waals surface area (Å²) in [4.78, 5) is 4.96. The maximum absolute atomic E-state index is 5.66. The monoisotopic (exact) mass is 536 g/mol. The third-order valence-electron chi connectivity index (χ3n) is 5.71. The number of guanidine groups is 1. The molecule has 1 saturated heterocycles. The molecule has 3 rings (SSSR count). The lowest BCUT2D eigenvalue weighted by Gasteiger charge is -2.39. The topological polar surface area (TPSA) is 57.7 Å². The van der Waals surface area contributed by atoms with Gasteiger partial charge in [-0.25, -0.2) is 0 Å². The standard InChI is InChI=1S/C25H36N4O.HI/c1-3-26-24(27-17-14-22-10-6-4-7-11-22)28-20-25(15-18-30-19-16-25)29-21(2)23-12-8-5-9-13-23;/h4-13,21,29H,3,14-20H2,1-2H3,(H2,26,27,28);1H. The van der Waals surface area contributed by atoms with E-state index in [0.717, 1.165) is 58.1 Å². The minimum absolute atomic E-state index is 0. The molecule has 31 heavy (non-hydrogen) atoms. The van der Waals surface area contributed by atoms with Crippen molar-refractivity contribution in [3.05, 3.63) is 71.8 Å². The highest BCUT2D eigenvalue weighted by molar-refractivity contribution is 14.0. The highest BCUT2D eigenvalue weighted by atomic mass is 127. The molecule has 5 nitrogen and oxygen atoms in total. The molecule has 2 aromatic rings. The summed E-state index contributed by atoms with van der Waals surface area (Å²) in [5.74, 6) is 0.883. The number of nitrogens with one attached hydrogen (secondary N) is 3. The van der Waals surface area contributed by atoms with Crippen molar-refractivity contribution in [1.82, 2.24) is 16.0 Å². The number of hydrogen-bond donors (Lipinski definition) is 3. The van der Waals surface area contributed by atoms with Crippen molar-refractivity contribution in [2.45, 2.75) is 44.7 Å². The van der Waals surface area contributed by atoms with Crippen LogP contribution in [0.25, 0.3) is 0 Å². The average molecular weight is 537 g/mol. The van der Waals surface area contributed by atoms with Crippen LogP contribution in [-0.4, -0.2) is 44.3 Å². The van der Waals surface area contributed by atoms with Crippen molar-refractivity contribution in [3.63, 3.8) is 0 Å². The van der Waals surface area contributed by atoms with Gasteiger partial charge in [-0.2, -0.15) is 0 Å². The lowest BCUT2D eigenvalue weighted by atomic mass is 9.88. The molecule has 1 aliphatic heterocycles. The van der Waals surface area contributed by atoms with Crippen molar-refractivity contribution < 1.29 is 4.74 Å². The van der Waals surface area contributed by atoms with E-state index in [2.05, 4.69) is 90.5 Å². The third kappa shape index (κ3) is 8.43. The number of aliphatic imine (C=N–C) groups is 1. The van der Waals surface area contributed by atoms with Gasteiger partial charge in [0.1, 0.15) is 0 Å². The molecule has 6 heteroatoms. The second kappa shape index (κ2) is 13.7. The summed E-state index contributed by atoms with van der Waals surface area (Å²) in [6.07, 6.45) is 2.92. The lowest BCUT2D eigenvalue weighted by Crippen LogP contribution is -2.53. The Labute approximate surface area is 204 Å². The quantitative estimate of drug-likeness (QED) is 0.254. The first-order chi connectivity index (χ1) is 14.7. The fourth-order valence-corrected chi connectivity index (χ4v) is 3.94. The smallest absolute Gasteiger partial charge is 0.191 e. The summed E-state index contributed by atoms with van der Waals surface area (Å²) in [5.41, 5.74) is 2.59. The molecule has 0 saturated carbocycles. The van der Waals surface area contributed by atoms with Gasteiger partial charge in [0.05, 0.1) is 6.54 Å². The van der Waals surface area contributed by atoms with Crippen LogP contribution in [0.3, 0.4) is 0 Å². The predicted octanol–water partition coefficient (Wildman–Crippen LogP) is 4.30. The van der Waals surface area contributed by atoms with E-state index in [9.17, 15) is 0 Å². The Hall–Kier alpha value is -1.64. The fraction of sp³-hybridized carbons (Fsp3) is 0.480. The number of halogens is 1. The van der Waals surface area contributed by atoms with E-state index in [1.54, 1.807) is 0 Å². The van der Waals surface area contributed by atoms with Gasteiger partial charge in [0.15, 0.2) is 5.96 Å². The van der Waals surface area contributed by atoms with Crippen molar-refractivity contribution in [2.75, 3.05) is 32.8 Å². The SMILES string of the molecule is CCNC(=NCC1(NC(C)c2ccccc2)CCOCC1)NCCc1ccccc1.I. The maximum Gasteiger partial charge on any atom is 0.191 e. The van der Waals surface area contributed by atoms with Gasteiger partial charge in [0.25, 0.3) is 0 Å². The van der Waals surface area contributed by atoms with Gasteiger partial charge in [-0.3, -0.25) is 4.99 Å². The largest absolute Gasteiger partial charge is 0.381 e. The Morgan fingerprint density at radius 3 is 2.29 bits per heavy atom. The van der Waals surface area contributed by atoms with Gasteiger partial charge >= 0.3 is 0 Å². The van der Waals surface area contributed by atoms with Crippen LogP contribution in [0.15, 0.2) is 65.7 Å². The van der Waals surface area contributed by atoms with E-state index in [0.29, 0.717) is 0 Å². The Bertz CT molecular complexity index is 764. The summed E-state index contributed by atoms with van der Waals surface area (Å²) in [6.45, 7) is 8.34.